The number of hydrogen-bond acceptors (Lipinski definition) is 2. The molecule has 0 atom stereocenters. The van der Waals surface area contributed by atoms with Gasteiger partial charge in [-0.1, -0.05) is 11.6 Å². The zero-order valence-electron chi connectivity index (χ0n) is 5.58. The van der Waals surface area contributed by atoms with Crippen LogP contribution in [0.4, 0.5) is 5.69 Å². The van der Waals surface area contributed by atoms with E-state index in [9.17, 15) is 0 Å². The molecular formula is C7H5ClN3. The molecule has 1 aliphatic rings. The molecule has 2 rings (SSSR count). The highest BCUT2D eigenvalue weighted by molar-refractivity contribution is 6.31. The summed E-state index contributed by atoms with van der Waals surface area (Å²) in [5, 5.41) is 4.36. The van der Waals surface area contributed by atoms with Gasteiger partial charge in [0.05, 0.1) is 5.69 Å². The third-order valence-corrected chi connectivity index (χ3v) is 1.74. The van der Waals surface area contributed by atoms with Crippen molar-refractivity contribution in [2.45, 2.75) is 0 Å². The molecule has 0 saturated carbocycles. The Morgan fingerprint density at radius 1 is 1.36 bits per heavy atom. The molecule has 1 aliphatic heterocycles. The van der Waals surface area contributed by atoms with E-state index >= 15 is 0 Å². The first kappa shape index (κ1) is 6.49. The minimum Gasteiger partial charge on any atom is -0.382 e. The fourth-order valence-corrected chi connectivity index (χ4v) is 1.13. The fourth-order valence-electron chi connectivity index (χ4n) is 0.962. The number of benzene rings is 1. The van der Waals surface area contributed by atoms with Crippen LogP contribution < -0.4 is 11.2 Å². The number of hydrogen-bond donors (Lipinski definition) is 1. The van der Waals surface area contributed by atoms with Crippen molar-refractivity contribution in [1.29, 1.82) is 0 Å². The summed E-state index contributed by atoms with van der Waals surface area (Å²) in [5.41, 5.74) is 10.9. The minimum absolute atomic E-state index is 0.433. The number of nitrogens with two attached hydrogens (primary N) is 1. The van der Waals surface area contributed by atoms with Crippen LogP contribution in [-0.4, -0.2) is 5.84 Å². The smallest absolute Gasteiger partial charge is 0.155 e. The van der Waals surface area contributed by atoms with Crippen LogP contribution >= 0.6 is 11.6 Å². The molecule has 4 heteroatoms. The van der Waals surface area contributed by atoms with E-state index in [0.717, 1.165) is 11.3 Å². The lowest BCUT2D eigenvalue weighted by Crippen LogP contribution is -2.09. The van der Waals surface area contributed by atoms with Crippen molar-refractivity contribution in [2.24, 2.45) is 10.8 Å². The van der Waals surface area contributed by atoms with Gasteiger partial charge in [-0.15, -0.1) is 10.5 Å². The standard InChI is InChI=1S/C7H5ClN3/c8-4-1-2-6-5(3-4)7(9)11-10-6/h1-3H,(H2,9,11). The van der Waals surface area contributed by atoms with Crippen LogP contribution in [0.3, 0.4) is 0 Å². The van der Waals surface area contributed by atoms with Crippen molar-refractivity contribution in [2.75, 3.05) is 0 Å². The summed E-state index contributed by atoms with van der Waals surface area (Å²) in [6.45, 7) is 0. The topological polar surface area (TPSA) is 52.5 Å². The molecule has 0 bridgehead atoms. The molecule has 0 unspecified atom stereocenters. The highest BCUT2D eigenvalue weighted by Gasteiger charge is 2.13. The van der Waals surface area contributed by atoms with Gasteiger partial charge < -0.3 is 5.73 Å². The first-order chi connectivity index (χ1) is 5.27. The Labute approximate surface area is 68.8 Å². The van der Waals surface area contributed by atoms with Gasteiger partial charge in [-0.05, 0) is 18.2 Å². The Morgan fingerprint density at radius 3 is 3.00 bits per heavy atom. The lowest BCUT2D eigenvalue weighted by atomic mass is 10.2. The largest absolute Gasteiger partial charge is 0.382 e. The van der Waals surface area contributed by atoms with Gasteiger partial charge in [-0.3, -0.25) is 0 Å². The third kappa shape index (κ3) is 0.935. The number of halogens is 1. The first-order valence-corrected chi connectivity index (χ1v) is 3.49. The second-order valence-electron chi connectivity index (χ2n) is 2.25. The Hall–Kier alpha value is -1.22. The lowest BCUT2D eigenvalue weighted by Gasteiger charge is -1.95. The summed E-state index contributed by atoms with van der Waals surface area (Å²) < 4.78 is 0. The number of nitrogens with zero attached hydrogens (tertiary/aromatic N) is 2. The maximum absolute atomic E-state index is 5.74. The Morgan fingerprint density at radius 2 is 2.18 bits per heavy atom. The molecule has 1 radical (unpaired) electrons. The van der Waals surface area contributed by atoms with E-state index in [1.54, 1.807) is 18.2 Å². The van der Waals surface area contributed by atoms with E-state index in [-0.39, 0.29) is 0 Å². The first-order valence-electron chi connectivity index (χ1n) is 3.11. The molecule has 1 aromatic rings. The fraction of sp³-hybridized carbons (Fsp3) is 0. The molecule has 55 valence electrons. The molecule has 0 aliphatic carbocycles. The average Bonchev–Trinajstić information content (AvgIpc) is 2.33. The summed E-state index contributed by atoms with van der Waals surface area (Å²) in [5.74, 6) is 0.433. The lowest BCUT2D eigenvalue weighted by molar-refractivity contribution is 0.985. The zero-order chi connectivity index (χ0) is 7.84. The van der Waals surface area contributed by atoms with Crippen LogP contribution in [0.2, 0.25) is 5.02 Å². The molecule has 0 aromatic heterocycles. The molecule has 0 amide bonds. The van der Waals surface area contributed by atoms with Gasteiger partial charge in [0.2, 0.25) is 0 Å². The SMILES string of the molecule is NC1=N[N]c2ccc(Cl)cc21. The number of rotatable bonds is 0. The highest BCUT2D eigenvalue weighted by Crippen LogP contribution is 2.23. The van der Waals surface area contributed by atoms with Crippen molar-refractivity contribution in [3.05, 3.63) is 28.8 Å². The molecule has 1 aromatic carbocycles. The molecular weight excluding hydrogens is 162 g/mol. The summed E-state index contributed by atoms with van der Waals surface area (Å²) in [7, 11) is 0. The van der Waals surface area contributed by atoms with E-state index in [4.69, 9.17) is 17.3 Å². The summed E-state index contributed by atoms with van der Waals surface area (Å²) in [6.07, 6.45) is 0. The molecule has 0 fully saturated rings. The summed E-state index contributed by atoms with van der Waals surface area (Å²) >= 11 is 5.74. The van der Waals surface area contributed by atoms with E-state index in [0.29, 0.717) is 10.9 Å². The van der Waals surface area contributed by atoms with Gasteiger partial charge in [0.25, 0.3) is 0 Å². The zero-order valence-corrected chi connectivity index (χ0v) is 6.34. The van der Waals surface area contributed by atoms with Crippen LogP contribution in [0.15, 0.2) is 23.3 Å². The molecule has 2 N–H and O–H groups in total. The van der Waals surface area contributed by atoms with Crippen LogP contribution in [0, 0.1) is 0 Å². The van der Waals surface area contributed by atoms with E-state index in [1.165, 1.54) is 0 Å². The van der Waals surface area contributed by atoms with Crippen LogP contribution in [-0.2, 0) is 0 Å². The van der Waals surface area contributed by atoms with Gasteiger partial charge in [-0.25, -0.2) is 0 Å². The monoisotopic (exact) mass is 166 g/mol. The van der Waals surface area contributed by atoms with E-state index < -0.39 is 0 Å². The molecule has 0 spiro atoms. The van der Waals surface area contributed by atoms with Crippen LogP contribution in [0.1, 0.15) is 5.56 Å². The second-order valence-corrected chi connectivity index (χ2v) is 2.68. The van der Waals surface area contributed by atoms with Crippen molar-refractivity contribution in [1.82, 2.24) is 5.43 Å². The normalized spacial score (nSPS) is 13.7. The number of amidine groups is 1. The molecule has 1 heterocycles. The minimum atomic E-state index is 0.433. The maximum atomic E-state index is 5.74. The quantitative estimate of drug-likeness (QED) is 0.619. The van der Waals surface area contributed by atoms with Gasteiger partial charge in [0, 0.05) is 10.6 Å². The van der Waals surface area contributed by atoms with Gasteiger partial charge in [0.15, 0.2) is 5.84 Å². The van der Waals surface area contributed by atoms with E-state index in [1.807, 2.05) is 0 Å². The van der Waals surface area contributed by atoms with E-state index in [2.05, 4.69) is 10.5 Å². The van der Waals surface area contributed by atoms with Crippen molar-refractivity contribution < 1.29 is 0 Å². The van der Waals surface area contributed by atoms with Crippen molar-refractivity contribution in [3.8, 4) is 0 Å². The summed E-state index contributed by atoms with van der Waals surface area (Å²) in [4.78, 5) is 0. The van der Waals surface area contributed by atoms with Gasteiger partial charge in [0.1, 0.15) is 0 Å². The second kappa shape index (κ2) is 2.13. The van der Waals surface area contributed by atoms with Crippen molar-refractivity contribution >= 4 is 23.1 Å². The maximum Gasteiger partial charge on any atom is 0.155 e. The Bertz CT molecular complexity index is 332. The third-order valence-electron chi connectivity index (χ3n) is 1.50. The van der Waals surface area contributed by atoms with Crippen molar-refractivity contribution in [3.63, 3.8) is 0 Å². The van der Waals surface area contributed by atoms with Crippen LogP contribution in [0.25, 0.3) is 0 Å². The Kier molecular flexibility index (Phi) is 1.26. The Balaban J connectivity index is 2.60. The van der Waals surface area contributed by atoms with Crippen LogP contribution in [0.5, 0.6) is 0 Å². The number of fused-ring (bicyclic) bond motifs is 1. The van der Waals surface area contributed by atoms with Gasteiger partial charge >= 0.3 is 0 Å². The molecule has 3 nitrogen and oxygen atoms in total. The predicted octanol–water partition coefficient (Wildman–Crippen LogP) is 1.21. The predicted molar refractivity (Wildman–Crippen MR) is 44.0 cm³/mol. The molecule has 11 heavy (non-hydrogen) atoms. The molecule has 0 saturated heterocycles. The van der Waals surface area contributed by atoms with Gasteiger partial charge in [-0.2, -0.15) is 0 Å². The summed E-state index contributed by atoms with van der Waals surface area (Å²) in [6, 6.07) is 5.31. The average molecular weight is 167 g/mol. The highest BCUT2D eigenvalue weighted by atomic mass is 35.5.